The van der Waals surface area contributed by atoms with Crippen LogP contribution in [-0.2, 0) is 0 Å². The number of halogens is 21. The molecule has 6 N–H and O–H groups in total. The summed E-state index contributed by atoms with van der Waals surface area (Å²) in [7, 11) is 0. The molecule has 0 aliphatic rings. The standard InChI is InChI=1S/3C10H11F7O2.Er/c3*1-7(2,3)5(18)4-6(19)8(11,12)9(13,14)10(15,16)17;/h3*4H2,1-3H3;/p+6. The fraction of sp³-hybridized carbons (Fsp3) is 0.800. The van der Waals surface area contributed by atoms with E-state index in [0.717, 1.165) is 0 Å². The second kappa shape index (κ2) is 19.2. The molecule has 0 saturated carbocycles. The Balaban J connectivity index is -0.000000374. The largest absolute Gasteiger partial charge is 0.460 e. The minimum atomic E-state index is -6.53. The number of carbonyl (C=O) groups excluding carboxylic acids is 6. The Kier molecular flexibility index (Phi) is 20.7. The minimum absolute atomic E-state index is 0. The summed E-state index contributed by atoms with van der Waals surface area (Å²) in [5, 5.41) is 0. The molecule has 0 amide bonds. The van der Waals surface area contributed by atoms with Gasteiger partial charge in [0.25, 0.3) is 0 Å². The van der Waals surface area contributed by atoms with Crippen molar-refractivity contribution >= 4 is 34.7 Å². The van der Waals surface area contributed by atoms with Crippen LogP contribution in [-0.4, -0.2) is 118 Å². The summed E-state index contributed by atoms with van der Waals surface area (Å²) in [6, 6.07) is 0. The van der Waals surface area contributed by atoms with Crippen LogP contribution >= 0.6 is 0 Å². The van der Waals surface area contributed by atoms with E-state index in [2.05, 4.69) is 0 Å². The van der Waals surface area contributed by atoms with Crippen LogP contribution in [0.2, 0.25) is 0 Å². The Morgan fingerprint density at radius 3 is 0.483 bits per heavy atom. The quantitative estimate of drug-likeness (QED) is 0.105. The van der Waals surface area contributed by atoms with Gasteiger partial charge in [-0.05, 0) is 62.3 Å². The smallest absolute Gasteiger partial charge is 0.282 e. The third-order valence-electron chi connectivity index (χ3n) is 6.94. The van der Waals surface area contributed by atoms with Crippen LogP contribution in [0.3, 0.4) is 0 Å². The van der Waals surface area contributed by atoms with Crippen molar-refractivity contribution in [2.75, 3.05) is 0 Å². The van der Waals surface area contributed by atoms with Crippen LogP contribution in [0, 0.1) is 53.6 Å². The Morgan fingerprint density at radius 2 is 0.397 bits per heavy atom. The maximum atomic E-state index is 13.0. The van der Waals surface area contributed by atoms with Gasteiger partial charge < -0.3 is 0 Å². The van der Waals surface area contributed by atoms with Gasteiger partial charge in [0.05, 0.1) is 16.2 Å². The second-order valence-corrected chi connectivity index (χ2v) is 14.9. The topological polar surface area (TPSA) is 128 Å². The Labute approximate surface area is 343 Å². The van der Waals surface area contributed by atoms with E-state index in [1.54, 1.807) is 0 Å². The van der Waals surface area contributed by atoms with E-state index in [9.17, 15) is 107 Å². The van der Waals surface area contributed by atoms with Crippen LogP contribution < -0.4 is 0 Å². The fourth-order valence-electron chi connectivity index (χ4n) is 2.68. The summed E-state index contributed by atoms with van der Waals surface area (Å²) in [5.41, 5.74) is -3.47. The molecule has 0 atom stereocenters. The number of ketones is 6. The number of rotatable bonds is 12. The molecule has 0 bridgehead atoms. The molecule has 0 saturated heterocycles. The van der Waals surface area contributed by atoms with Crippen molar-refractivity contribution < 1.29 is 158 Å². The average molecular weight is 1060 g/mol. The van der Waals surface area contributed by atoms with E-state index in [0.29, 0.717) is 0 Å². The molecule has 348 valence electrons. The summed E-state index contributed by atoms with van der Waals surface area (Å²) in [6.45, 7) is 11.7. The monoisotopic (exact) mass is 1060 g/mol. The zero-order chi connectivity index (χ0) is 47.6. The molecule has 58 heavy (non-hydrogen) atoms. The van der Waals surface area contributed by atoms with Crippen molar-refractivity contribution in [3.8, 4) is 0 Å². The summed E-state index contributed by atoms with van der Waals surface area (Å²) in [6.07, 6.45) is -24.0. The normalized spacial score (nSPS) is 14.2. The molecule has 28 heteroatoms. The van der Waals surface area contributed by atoms with E-state index in [1.165, 1.54) is 62.3 Å². The molecule has 0 aromatic heterocycles. The zero-order valence-electron chi connectivity index (χ0n) is 31.0. The Morgan fingerprint density at radius 1 is 0.276 bits per heavy atom. The minimum Gasteiger partial charge on any atom is -0.282 e. The van der Waals surface area contributed by atoms with Crippen molar-refractivity contribution in [2.24, 2.45) is 16.2 Å². The van der Waals surface area contributed by atoms with E-state index in [1.807, 2.05) is 0 Å². The van der Waals surface area contributed by atoms with Gasteiger partial charge in [-0.25, -0.2) is 0 Å². The van der Waals surface area contributed by atoms with Gasteiger partial charge in [0.1, 0.15) is 0 Å². The van der Waals surface area contributed by atoms with Gasteiger partial charge in [-0.2, -0.15) is 92.2 Å². The first-order chi connectivity index (χ1) is 24.1. The second-order valence-electron chi connectivity index (χ2n) is 14.9. The first kappa shape index (κ1) is 62.4. The van der Waals surface area contributed by atoms with E-state index in [-0.39, 0.29) is 37.3 Å². The van der Waals surface area contributed by atoms with Crippen molar-refractivity contribution in [2.45, 2.75) is 136 Å². The van der Waals surface area contributed by atoms with Crippen molar-refractivity contribution in [1.29, 1.82) is 0 Å². The van der Waals surface area contributed by atoms with Gasteiger partial charge in [-0.15, -0.1) is 0 Å². The predicted molar refractivity (Wildman–Crippen MR) is 162 cm³/mol. The fourth-order valence-corrected chi connectivity index (χ4v) is 2.68. The van der Waals surface area contributed by atoms with Crippen LogP contribution in [0.4, 0.5) is 92.2 Å². The van der Waals surface area contributed by atoms with Crippen molar-refractivity contribution in [1.82, 2.24) is 0 Å². The molecule has 0 aliphatic carbocycles. The Hall–Kier alpha value is -2.20. The summed E-state index contributed by atoms with van der Waals surface area (Å²) in [4.78, 5) is 54.2. The van der Waals surface area contributed by atoms with Crippen LogP contribution in [0.25, 0.3) is 0 Å². The molecule has 0 radical (unpaired) electrons. The molecule has 0 aromatic carbocycles. The first-order valence-corrected chi connectivity index (χ1v) is 14.9. The van der Waals surface area contributed by atoms with Gasteiger partial charge in [-0.3, -0.25) is 28.8 Å². The van der Waals surface area contributed by atoms with Gasteiger partial charge in [-0.1, -0.05) is 0 Å². The molecule has 0 aliphatic heterocycles. The molecule has 0 heterocycles. The first-order valence-electron chi connectivity index (χ1n) is 14.9. The maximum Gasteiger partial charge on any atom is 0.460 e. The molecule has 6 nitrogen and oxygen atoms in total. The molecule has 0 unspecified atom stereocenters. The third-order valence-corrected chi connectivity index (χ3v) is 6.94. The van der Waals surface area contributed by atoms with Gasteiger partial charge in [0.15, 0.2) is 19.3 Å². The molecular formula is C30H39ErF21O6+6. The zero-order valence-corrected chi connectivity index (χ0v) is 32.9. The van der Waals surface area contributed by atoms with Crippen molar-refractivity contribution in [3.05, 3.63) is 0 Å². The van der Waals surface area contributed by atoms with Gasteiger partial charge >= 0.3 is 88.8 Å². The molecule has 0 rings (SSSR count). The van der Waals surface area contributed by atoms with E-state index < -0.39 is 124 Å². The number of hydrogen-bond acceptors (Lipinski definition) is 0. The van der Waals surface area contributed by atoms with Crippen LogP contribution in [0.15, 0.2) is 0 Å². The van der Waals surface area contributed by atoms with E-state index in [4.69, 9.17) is 14.4 Å². The van der Waals surface area contributed by atoms with Crippen LogP contribution in [0.5, 0.6) is 0 Å². The summed E-state index contributed by atoms with van der Waals surface area (Å²) < 4.78 is 260. The van der Waals surface area contributed by atoms with Gasteiger partial charge in [0.2, 0.25) is 0 Å². The van der Waals surface area contributed by atoms with Crippen LogP contribution in [0.1, 0.15) is 81.6 Å². The predicted octanol–water partition coefficient (Wildman–Crippen LogP) is 10.0. The Bertz CT molecular complexity index is 1310. The van der Waals surface area contributed by atoms with Gasteiger partial charge in [0, 0.05) is 37.3 Å². The third kappa shape index (κ3) is 15.1. The average Bonchev–Trinajstić information content (AvgIpc) is 2.93. The summed E-state index contributed by atoms with van der Waals surface area (Å²) >= 11 is 0. The number of hydrogen-bond donors (Lipinski definition) is 0. The summed E-state index contributed by atoms with van der Waals surface area (Å²) in [5.74, 6) is -46.6. The molecule has 0 fully saturated rings. The number of alkyl halides is 21. The molecule has 0 aromatic rings. The molecular weight excluding hydrogens is 1020 g/mol. The molecule has 0 spiro atoms. The van der Waals surface area contributed by atoms with Crippen molar-refractivity contribution in [3.63, 3.8) is 0 Å². The maximum absolute atomic E-state index is 13.0. The van der Waals surface area contributed by atoms with E-state index >= 15 is 0 Å². The SMILES string of the molecule is CC(C)(C)C(=[OH+])CC(=[OH+])C(F)(F)C(F)(F)C(F)(F)F.CC(C)(C)C(=[OH+])CC(=[OH+])C(F)(F)C(F)(F)C(F)(F)F.CC(C)(C)C(=[OH+])CC(=[OH+])C(F)(F)C(F)(F)C(F)(F)F.[Er].